The topological polar surface area (TPSA) is 58.2 Å². The molecule has 0 aliphatic carbocycles. The van der Waals surface area contributed by atoms with Crippen LogP contribution in [0.15, 0.2) is 36.4 Å². The first-order valence-corrected chi connectivity index (χ1v) is 7.03. The third kappa shape index (κ3) is 3.68. The van der Waals surface area contributed by atoms with Crippen LogP contribution in [0, 0.1) is 5.82 Å². The molecule has 0 aliphatic heterocycles. The zero-order chi connectivity index (χ0) is 16.3. The Morgan fingerprint density at radius 2 is 1.41 bits per heavy atom. The van der Waals surface area contributed by atoms with E-state index < -0.39 is 17.6 Å². The lowest BCUT2D eigenvalue weighted by Crippen LogP contribution is -2.41. The van der Waals surface area contributed by atoms with Gasteiger partial charge in [-0.15, -0.1) is 0 Å². The first-order chi connectivity index (χ1) is 10.4. The zero-order valence-electron chi connectivity index (χ0n) is 10.8. The van der Waals surface area contributed by atoms with E-state index in [2.05, 4.69) is 10.9 Å². The van der Waals surface area contributed by atoms with Gasteiger partial charge in [-0.25, -0.2) is 4.39 Å². The van der Waals surface area contributed by atoms with E-state index in [4.69, 9.17) is 34.8 Å². The molecule has 0 saturated heterocycles. The quantitative estimate of drug-likeness (QED) is 0.630. The third-order valence-corrected chi connectivity index (χ3v) is 3.59. The number of hydrazine groups is 1. The summed E-state index contributed by atoms with van der Waals surface area (Å²) in [5.41, 5.74) is 4.30. The Morgan fingerprint density at radius 3 is 2.05 bits per heavy atom. The Balaban J connectivity index is 2.09. The molecule has 2 amide bonds. The summed E-state index contributed by atoms with van der Waals surface area (Å²) in [6.07, 6.45) is 0. The monoisotopic (exact) mass is 360 g/mol. The molecule has 0 spiro atoms. The molecule has 2 aromatic rings. The molecule has 2 aromatic carbocycles. The second kappa shape index (κ2) is 6.96. The smallest absolute Gasteiger partial charge is 0.267 e. The van der Waals surface area contributed by atoms with Crippen molar-refractivity contribution in [2.24, 2.45) is 0 Å². The highest BCUT2D eigenvalue weighted by Crippen LogP contribution is 2.24. The summed E-state index contributed by atoms with van der Waals surface area (Å²) in [7, 11) is 0. The highest BCUT2D eigenvalue weighted by molar-refractivity contribution is 6.37. The first-order valence-electron chi connectivity index (χ1n) is 5.90. The normalized spacial score (nSPS) is 10.2. The van der Waals surface area contributed by atoms with Crippen molar-refractivity contribution in [1.29, 1.82) is 0 Å². The number of hydrogen-bond donors (Lipinski definition) is 2. The Labute approximate surface area is 140 Å². The number of halogens is 4. The van der Waals surface area contributed by atoms with Gasteiger partial charge in [0.25, 0.3) is 11.8 Å². The van der Waals surface area contributed by atoms with Crippen LogP contribution in [0.3, 0.4) is 0 Å². The van der Waals surface area contributed by atoms with Crippen molar-refractivity contribution >= 4 is 46.6 Å². The predicted molar refractivity (Wildman–Crippen MR) is 82.8 cm³/mol. The lowest BCUT2D eigenvalue weighted by molar-refractivity contribution is 0.0846. The van der Waals surface area contributed by atoms with Crippen LogP contribution in [-0.4, -0.2) is 11.8 Å². The molecule has 0 atom stereocenters. The molecule has 0 radical (unpaired) electrons. The lowest BCUT2D eigenvalue weighted by Gasteiger charge is -2.09. The Kier molecular flexibility index (Phi) is 5.24. The van der Waals surface area contributed by atoms with Crippen molar-refractivity contribution < 1.29 is 14.0 Å². The van der Waals surface area contributed by atoms with E-state index in [-0.39, 0.29) is 26.2 Å². The van der Waals surface area contributed by atoms with Gasteiger partial charge in [-0.05, 0) is 24.3 Å². The summed E-state index contributed by atoms with van der Waals surface area (Å²) in [6.45, 7) is 0. The van der Waals surface area contributed by atoms with Crippen LogP contribution < -0.4 is 10.9 Å². The number of hydrogen-bond acceptors (Lipinski definition) is 2. The van der Waals surface area contributed by atoms with Crippen molar-refractivity contribution in [2.75, 3.05) is 0 Å². The van der Waals surface area contributed by atoms with Crippen molar-refractivity contribution in [1.82, 2.24) is 10.9 Å². The van der Waals surface area contributed by atoms with Gasteiger partial charge in [0.15, 0.2) is 0 Å². The summed E-state index contributed by atoms with van der Waals surface area (Å²) < 4.78 is 13.4. The van der Waals surface area contributed by atoms with Gasteiger partial charge in [0, 0.05) is 0 Å². The molecule has 22 heavy (non-hydrogen) atoms. The molecular formula is C14H8Cl3FN2O2. The molecule has 0 heterocycles. The average molecular weight is 362 g/mol. The van der Waals surface area contributed by atoms with Gasteiger partial charge in [-0.3, -0.25) is 20.4 Å². The Hall–Kier alpha value is -1.82. The van der Waals surface area contributed by atoms with Crippen molar-refractivity contribution in [2.45, 2.75) is 0 Å². The SMILES string of the molecule is O=C(NNC(=O)c1cc(F)c(Cl)cc1Cl)c1ccccc1Cl. The molecule has 0 aliphatic rings. The number of amides is 2. The van der Waals surface area contributed by atoms with Crippen molar-refractivity contribution in [3.8, 4) is 0 Å². The molecule has 0 fully saturated rings. The summed E-state index contributed by atoms with van der Waals surface area (Å²) in [6, 6.07) is 8.27. The van der Waals surface area contributed by atoms with Gasteiger partial charge in [-0.1, -0.05) is 46.9 Å². The Morgan fingerprint density at radius 1 is 0.818 bits per heavy atom. The van der Waals surface area contributed by atoms with Gasteiger partial charge in [0.05, 0.1) is 26.2 Å². The molecule has 0 bridgehead atoms. The van der Waals surface area contributed by atoms with E-state index in [0.29, 0.717) is 0 Å². The standard InChI is InChI=1S/C14H8Cl3FN2O2/c15-9-4-2-1-3-7(9)13(21)19-20-14(22)8-5-12(18)11(17)6-10(8)16/h1-6H,(H,19,21)(H,20,22). The van der Waals surface area contributed by atoms with Crippen LogP contribution in [0.4, 0.5) is 4.39 Å². The van der Waals surface area contributed by atoms with E-state index in [9.17, 15) is 14.0 Å². The molecule has 2 rings (SSSR count). The summed E-state index contributed by atoms with van der Waals surface area (Å²) in [5.74, 6) is -2.21. The number of benzene rings is 2. The van der Waals surface area contributed by atoms with Gasteiger partial charge in [0.1, 0.15) is 5.82 Å². The maximum atomic E-state index is 13.4. The van der Waals surface area contributed by atoms with Crippen LogP contribution in [-0.2, 0) is 0 Å². The highest BCUT2D eigenvalue weighted by atomic mass is 35.5. The largest absolute Gasteiger partial charge is 0.271 e. The molecule has 0 aromatic heterocycles. The van der Waals surface area contributed by atoms with Crippen LogP contribution in [0.5, 0.6) is 0 Å². The molecule has 8 heteroatoms. The van der Waals surface area contributed by atoms with Crippen molar-refractivity contribution in [3.63, 3.8) is 0 Å². The third-order valence-electron chi connectivity index (χ3n) is 2.66. The minimum Gasteiger partial charge on any atom is -0.267 e. The fraction of sp³-hybridized carbons (Fsp3) is 0. The highest BCUT2D eigenvalue weighted by Gasteiger charge is 2.16. The number of carbonyl (C=O) groups is 2. The van der Waals surface area contributed by atoms with E-state index in [0.717, 1.165) is 12.1 Å². The van der Waals surface area contributed by atoms with Crippen molar-refractivity contribution in [3.05, 3.63) is 68.4 Å². The summed E-state index contributed by atoms with van der Waals surface area (Å²) in [5, 5.41) is -0.0256. The second-order valence-electron chi connectivity index (χ2n) is 4.13. The van der Waals surface area contributed by atoms with Gasteiger partial charge >= 0.3 is 0 Å². The summed E-state index contributed by atoms with van der Waals surface area (Å²) in [4.78, 5) is 23.8. The predicted octanol–water partition coefficient (Wildman–Crippen LogP) is 3.86. The minimum absolute atomic E-state index is 0.0455. The molecule has 114 valence electrons. The van der Waals surface area contributed by atoms with Crippen LogP contribution in [0.2, 0.25) is 15.1 Å². The first kappa shape index (κ1) is 16.5. The molecule has 2 N–H and O–H groups in total. The van der Waals surface area contributed by atoms with E-state index in [1.807, 2.05) is 0 Å². The molecule has 4 nitrogen and oxygen atoms in total. The zero-order valence-corrected chi connectivity index (χ0v) is 13.1. The van der Waals surface area contributed by atoms with Gasteiger partial charge < -0.3 is 0 Å². The maximum Gasteiger partial charge on any atom is 0.271 e. The molecule has 0 unspecified atom stereocenters. The minimum atomic E-state index is -0.798. The molecule has 0 saturated carbocycles. The second-order valence-corrected chi connectivity index (χ2v) is 5.36. The summed E-state index contributed by atoms with van der Waals surface area (Å²) >= 11 is 17.2. The fourth-order valence-corrected chi connectivity index (χ4v) is 2.28. The van der Waals surface area contributed by atoms with Crippen LogP contribution in [0.1, 0.15) is 20.7 Å². The number of carbonyl (C=O) groups excluding carboxylic acids is 2. The van der Waals surface area contributed by atoms with Crippen LogP contribution >= 0.6 is 34.8 Å². The molecular weight excluding hydrogens is 354 g/mol. The fourth-order valence-electron chi connectivity index (χ4n) is 1.59. The van der Waals surface area contributed by atoms with E-state index >= 15 is 0 Å². The van der Waals surface area contributed by atoms with Gasteiger partial charge in [-0.2, -0.15) is 0 Å². The van der Waals surface area contributed by atoms with E-state index in [1.165, 1.54) is 12.1 Å². The van der Waals surface area contributed by atoms with Gasteiger partial charge in [0.2, 0.25) is 0 Å². The van der Waals surface area contributed by atoms with Crippen LogP contribution in [0.25, 0.3) is 0 Å². The Bertz CT molecular complexity index is 753. The average Bonchev–Trinajstić information content (AvgIpc) is 2.48. The van der Waals surface area contributed by atoms with E-state index in [1.54, 1.807) is 12.1 Å². The lowest BCUT2D eigenvalue weighted by atomic mass is 10.2. The maximum absolute atomic E-state index is 13.4. The number of nitrogens with one attached hydrogen (secondary N) is 2. The number of rotatable bonds is 2.